The zero-order valence-corrected chi connectivity index (χ0v) is 23.7. The van der Waals surface area contributed by atoms with Gasteiger partial charge in [-0.2, -0.15) is 15.0 Å². The van der Waals surface area contributed by atoms with Crippen LogP contribution in [0.15, 0.2) is 18.3 Å². The Morgan fingerprint density at radius 3 is 2.21 bits per heavy atom. The summed E-state index contributed by atoms with van der Waals surface area (Å²) >= 11 is 0. The summed E-state index contributed by atoms with van der Waals surface area (Å²) in [7, 11) is 0. The second kappa shape index (κ2) is 13.3. The van der Waals surface area contributed by atoms with Crippen molar-refractivity contribution in [3.63, 3.8) is 0 Å². The molecule has 0 radical (unpaired) electrons. The highest BCUT2D eigenvalue weighted by Crippen LogP contribution is 2.30. The number of morpholine rings is 1. The van der Waals surface area contributed by atoms with Gasteiger partial charge in [-0.25, -0.2) is 18.7 Å². The Kier molecular flexibility index (Phi) is 9.35. The number of piperidine rings is 1. The van der Waals surface area contributed by atoms with Crippen molar-refractivity contribution in [2.75, 3.05) is 81.1 Å². The number of ether oxygens (including phenoxy) is 1. The summed E-state index contributed by atoms with van der Waals surface area (Å²) in [5, 5.41) is 0. The number of likely N-dealkylation sites (tertiary alicyclic amines) is 1. The quantitative estimate of drug-likeness (QED) is 0.471. The molecule has 0 bridgehead atoms. The van der Waals surface area contributed by atoms with Crippen LogP contribution in [0.4, 0.5) is 26.6 Å². The molecule has 0 spiro atoms. The minimum absolute atomic E-state index is 0.00960. The molecule has 5 rings (SSSR count). The summed E-state index contributed by atoms with van der Waals surface area (Å²) in [5.74, 6) is 0.833. The van der Waals surface area contributed by atoms with Crippen LogP contribution >= 0.6 is 0 Å². The number of alkyl halides is 2. The molecule has 5 heterocycles. The molecule has 0 atom stereocenters. The van der Waals surface area contributed by atoms with E-state index in [9.17, 15) is 18.4 Å². The highest BCUT2D eigenvalue weighted by molar-refractivity contribution is 5.87. The molecule has 0 aliphatic carbocycles. The number of nitrogen functional groups attached to an aromatic ring is 1. The van der Waals surface area contributed by atoms with Crippen LogP contribution in [0.2, 0.25) is 0 Å². The van der Waals surface area contributed by atoms with E-state index < -0.39 is 12.1 Å². The minimum atomic E-state index is -2.90. The van der Waals surface area contributed by atoms with Crippen molar-refractivity contribution < 1.29 is 23.1 Å². The summed E-state index contributed by atoms with van der Waals surface area (Å²) in [5.41, 5.74) is 5.02. The number of anilines is 3. The normalized spacial score (nSPS) is 18.8. The third kappa shape index (κ3) is 6.89. The monoisotopic (exact) mass is 586 g/mol. The third-order valence-electron chi connectivity index (χ3n) is 7.80. The van der Waals surface area contributed by atoms with E-state index in [1.807, 2.05) is 26.5 Å². The van der Waals surface area contributed by atoms with Gasteiger partial charge in [-0.05, 0) is 31.8 Å². The van der Waals surface area contributed by atoms with Crippen molar-refractivity contribution in [1.82, 2.24) is 34.7 Å². The van der Waals surface area contributed by atoms with E-state index in [2.05, 4.69) is 24.9 Å². The molecule has 2 amide bonds. The lowest BCUT2D eigenvalue weighted by atomic mass is 9.92. The molecule has 2 N–H and O–H groups in total. The smallest absolute Gasteiger partial charge is 0.281 e. The Morgan fingerprint density at radius 2 is 1.60 bits per heavy atom. The van der Waals surface area contributed by atoms with Gasteiger partial charge >= 0.3 is 0 Å². The molecule has 2 aromatic heterocycles. The second-order valence-corrected chi connectivity index (χ2v) is 10.5. The van der Waals surface area contributed by atoms with Crippen molar-refractivity contribution in [2.45, 2.75) is 32.6 Å². The van der Waals surface area contributed by atoms with Gasteiger partial charge < -0.3 is 30.1 Å². The summed E-state index contributed by atoms with van der Waals surface area (Å²) in [4.78, 5) is 54.1. The van der Waals surface area contributed by atoms with Gasteiger partial charge in [-0.1, -0.05) is 6.08 Å². The van der Waals surface area contributed by atoms with E-state index in [4.69, 9.17) is 10.5 Å². The molecule has 3 aliphatic rings. The number of carbonyl (C=O) groups excluding carboxylic acids is 2. The first-order valence-electron chi connectivity index (χ1n) is 14.3. The number of halogens is 2. The molecule has 42 heavy (non-hydrogen) atoms. The summed E-state index contributed by atoms with van der Waals surface area (Å²) in [6.07, 6.45) is 3.70. The Hall–Kier alpha value is -4.01. The van der Waals surface area contributed by atoms with Crippen molar-refractivity contribution >= 4 is 29.7 Å². The van der Waals surface area contributed by atoms with Crippen molar-refractivity contribution in [1.29, 1.82) is 0 Å². The van der Waals surface area contributed by atoms with Crippen LogP contribution in [0.5, 0.6) is 0 Å². The van der Waals surface area contributed by atoms with Gasteiger partial charge in [0.25, 0.3) is 6.43 Å². The molecular weight excluding hydrogens is 550 g/mol. The first-order valence-corrected chi connectivity index (χ1v) is 14.3. The van der Waals surface area contributed by atoms with Gasteiger partial charge in [-0.15, -0.1) is 0 Å². The number of carbonyl (C=O) groups is 2. The molecule has 15 heteroatoms. The second-order valence-electron chi connectivity index (χ2n) is 10.5. The van der Waals surface area contributed by atoms with Crippen molar-refractivity contribution in [3.05, 3.63) is 24.0 Å². The number of nitrogens with zero attached hydrogens (tertiary/aromatic N) is 9. The lowest BCUT2D eigenvalue weighted by Crippen LogP contribution is -2.50. The molecule has 3 aliphatic heterocycles. The number of aromatic nitrogens is 5. The van der Waals surface area contributed by atoms with Crippen LogP contribution in [0, 0.1) is 5.92 Å². The van der Waals surface area contributed by atoms with Crippen molar-refractivity contribution in [3.8, 4) is 11.4 Å². The van der Waals surface area contributed by atoms with Gasteiger partial charge in [-0.3, -0.25) is 9.59 Å². The van der Waals surface area contributed by atoms with Gasteiger partial charge in [0.05, 0.1) is 18.8 Å². The summed E-state index contributed by atoms with van der Waals surface area (Å²) in [6.45, 7) is 7.16. The Balaban J connectivity index is 1.27. The fraction of sp³-hybridized carbons (Fsp3) is 0.593. The number of allylic oxidation sites excluding steroid dienone is 1. The van der Waals surface area contributed by atoms with E-state index in [1.165, 1.54) is 6.20 Å². The standard InChI is InChI=1S/C27H36F2N10O3/c1-2-3-20(40)36-6-4-18(5-7-36)16-21(41)37-8-10-38(11-9-37)26-33-24(19-17-31-25(30)32-22(19)23(28)29)34-27(35-26)39-12-14-42-15-13-39/h2-3,17-18,23H,4-16H2,1H3,(H2,30,31,32)/b3-2+. The summed E-state index contributed by atoms with van der Waals surface area (Å²) < 4.78 is 33.2. The highest BCUT2D eigenvalue weighted by atomic mass is 19.3. The molecule has 226 valence electrons. The molecule has 13 nitrogen and oxygen atoms in total. The maximum atomic E-state index is 13.9. The number of amides is 2. The predicted octanol–water partition coefficient (Wildman–Crippen LogP) is 1.54. The van der Waals surface area contributed by atoms with Gasteiger partial charge in [0.2, 0.25) is 29.7 Å². The van der Waals surface area contributed by atoms with E-state index in [-0.39, 0.29) is 35.1 Å². The molecule has 2 aromatic rings. The van der Waals surface area contributed by atoms with Crippen LogP contribution in [-0.4, -0.2) is 112 Å². The van der Waals surface area contributed by atoms with E-state index >= 15 is 0 Å². The van der Waals surface area contributed by atoms with Gasteiger partial charge in [0, 0.05) is 65.0 Å². The van der Waals surface area contributed by atoms with Crippen LogP contribution in [0.3, 0.4) is 0 Å². The number of rotatable bonds is 7. The molecule has 0 saturated carbocycles. The first-order chi connectivity index (χ1) is 20.3. The topological polar surface area (TPSA) is 147 Å². The maximum absolute atomic E-state index is 13.9. The fourth-order valence-electron chi connectivity index (χ4n) is 5.41. The molecule has 0 aromatic carbocycles. The SMILES string of the molecule is C/C=C/C(=O)N1CCC(CC(=O)N2CCN(c3nc(-c4cnc(N)nc4C(F)F)nc(N4CCOCC4)n3)CC2)CC1. The lowest BCUT2D eigenvalue weighted by Gasteiger charge is -2.37. The van der Waals surface area contributed by atoms with Crippen LogP contribution in [0.25, 0.3) is 11.4 Å². The van der Waals surface area contributed by atoms with E-state index in [1.54, 1.807) is 12.2 Å². The summed E-state index contributed by atoms with van der Waals surface area (Å²) in [6, 6.07) is 0. The van der Waals surface area contributed by atoms with Gasteiger partial charge in [0.1, 0.15) is 5.69 Å². The highest BCUT2D eigenvalue weighted by Gasteiger charge is 2.29. The van der Waals surface area contributed by atoms with E-state index in [0.717, 1.165) is 12.8 Å². The van der Waals surface area contributed by atoms with Crippen LogP contribution in [-0.2, 0) is 14.3 Å². The Bertz CT molecular complexity index is 1290. The predicted molar refractivity (Wildman–Crippen MR) is 151 cm³/mol. The zero-order chi connectivity index (χ0) is 29.6. The first kappa shape index (κ1) is 29.5. The van der Waals surface area contributed by atoms with Crippen LogP contribution in [0.1, 0.15) is 38.3 Å². The average molecular weight is 587 g/mol. The van der Waals surface area contributed by atoms with Crippen molar-refractivity contribution in [2.24, 2.45) is 5.92 Å². The van der Waals surface area contributed by atoms with Gasteiger partial charge in [0.15, 0.2) is 5.82 Å². The molecule has 0 unspecified atom stereocenters. The average Bonchev–Trinajstić information content (AvgIpc) is 3.01. The molecule has 3 saturated heterocycles. The van der Waals surface area contributed by atoms with E-state index in [0.29, 0.717) is 83.9 Å². The largest absolute Gasteiger partial charge is 0.378 e. The van der Waals surface area contributed by atoms with Crippen LogP contribution < -0.4 is 15.5 Å². The zero-order valence-electron chi connectivity index (χ0n) is 23.7. The third-order valence-corrected chi connectivity index (χ3v) is 7.80. The fourth-order valence-corrected chi connectivity index (χ4v) is 5.41. The number of hydrogen-bond acceptors (Lipinski definition) is 11. The minimum Gasteiger partial charge on any atom is -0.378 e. The number of piperazine rings is 1. The number of hydrogen-bond donors (Lipinski definition) is 1. The Labute approximate surface area is 242 Å². The molecular formula is C27H36F2N10O3. The maximum Gasteiger partial charge on any atom is 0.281 e. The lowest BCUT2D eigenvalue weighted by molar-refractivity contribution is -0.133. The molecule has 3 fully saturated rings. The number of nitrogens with two attached hydrogens (primary N) is 1. The Morgan fingerprint density at radius 1 is 0.952 bits per heavy atom.